The summed E-state index contributed by atoms with van der Waals surface area (Å²) in [6.45, 7) is 6.66. The fourth-order valence-electron chi connectivity index (χ4n) is 0.948. The van der Waals surface area contributed by atoms with Gasteiger partial charge in [0, 0.05) is 13.3 Å². The van der Waals surface area contributed by atoms with Gasteiger partial charge < -0.3 is 4.74 Å². The van der Waals surface area contributed by atoms with Crippen LogP contribution in [0.15, 0.2) is 0 Å². The lowest BCUT2D eigenvalue weighted by molar-refractivity contribution is -0.149. The number of Topliss-reactive ketones (excluding diaryl/α,β-unsaturated/α-hetero) is 1. The molecule has 3 nitrogen and oxygen atoms in total. The van der Waals surface area contributed by atoms with Gasteiger partial charge in [-0.1, -0.05) is 13.8 Å². The monoisotopic (exact) mass is 172 g/mol. The maximum Gasteiger partial charge on any atom is 0.302 e. The number of rotatable bonds is 4. The fraction of sp³-hybridized carbons (Fsp3) is 0.778. The van der Waals surface area contributed by atoms with E-state index in [9.17, 15) is 9.59 Å². The molecule has 0 heterocycles. The molecular weight excluding hydrogens is 156 g/mol. The Bertz CT molecular complexity index is 175. The third-order valence-corrected chi connectivity index (χ3v) is 1.91. The minimum absolute atomic E-state index is 0.128. The average molecular weight is 172 g/mol. The van der Waals surface area contributed by atoms with E-state index in [0.29, 0.717) is 6.42 Å². The van der Waals surface area contributed by atoms with Gasteiger partial charge in [0.2, 0.25) is 0 Å². The fourth-order valence-corrected chi connectivity index (χ4v) is 0.948. The van der Waals surface area contributed by atoms with Gasteiger partial charge in [0.15, 0.2) is 0 Å². The van der Waals surface area contributed by atoms with Gasteiger partial charge in [0.1, 0.15) is 11.9 Å². The molecule has 0 amide bonds. The Labute approximate surface area is 73.1 Å². The molecule has 0 aliphatic heterocycles. The minimum atomic E-state index is -0.335. The number of hydrogen-bond donors (Lipinski definition) is 0. The summed E-state index contributed by atoms with van der Waals surface area (Å²) in [5.41, 5.74) is 0. The van der Waals surface area contributed by atoms with Crippen LogP contribution >= 0.6 is 0 Å². The summed E-state index contributed by atoms with van der Waals surface area (Å²) in [6.07, 6.45) is 0.183. The van der Waals surface area contributed by atoms with E-state index in [4.69, 9.17) is 4.74 Å². The summed E-state index contributed by atoms with van der Waals surface area (Å²) in [5.74, 6) is -0.402. The normalized spacial score (nSPS) is 15.0. The van der Waals surface area contributed by atoms with E-state index in [1.165, 1.54) is 6.92 Å². The van der Waals surface area contributed by atoms with Gasteiger partial charge >= 0.3 is 5.97 Å². The van der Waals surface area contributed by atoms with E-state index in [0.717, 1.165) is 0 Å². The number of ether oxygens (including phenoxy) is 1. The highest BCUT2D eigenvalue weighted by Crippen LogP contribution is 2.10. The molecule has 0 N–H and O–H groups in total. The molecule has 0 aromatic heterocycles. The smallest absolute Gasteiger partial charge is 0.302 e. The molecule has 0 bridgehead atoms. The zero-order chi connectivity index (χ0) is 9.72. The molecule has 12 heavy (non-hydrogen) atoms. The number of ketones is 1. The largest absolute Gasteiger partial charge is 0.462 e. The topological polar surface area (TPSA) is 43.4 Å². The summed E-state index contributed by atoms with van der Waals surface area (Å²) in [5, 5.41) is 0. The van der Waals surface area contributed by atoms with Crippen LogP contribution in [-0.4, -0.2) is 17.9 Å². The molecular formula is C9H16O3. The van der Waals surface area contributed by atoms with Crippen molar-refractivity contribution in [3.8, 4) is 0 Å². The Hall–Kier alpha value is -0.860. The van der Waals surface area contributed by atoms with E-state index >= 15 is 0 Å². The molecule has 0 rings (SSSR count). The molecule has 3 heteroatoms. The third-order valence-electron chi connectivity index (χ3n) is 1.91. The molecule has 2 atom stereocenters. The highest BCUT2D eigenvalue weighted by molar-refractivity contribution is 5.81. The van der Waals surface area contributed by atoms with Crippen LogP contribution in [0.3, 0.4) is 0 Å². The van der Waals surface area contributed by atoms with Crippen molar-refractivity contribution in [2.75, 3.05) is 0 Å². The molecule has 0 saturated carbocycles. The quantitative estimate of drug-likeness (QED) is 0.604. The van der Waals surface area contributed by atoms with Gasteiger partial charge in [-0.2, -0.15) is 0 Å². The first kappa shape index (κ1) is 11.1. The SMILES string of the molecule is CCC(=O)[C@@H](C)[C@@H](C)OC(C)=O. The van der Waals surface area contributed by atoms with E-state index in [1.807, 2.05) is 0 Å². The second kappa shape index (κ2) is 4.91. The highest BCUT2D eigenvalue weighted by Gasteiger charge is 2.20. The molecule has 0 radical (unpaired) electrons. The first-order chi connectivity index (χ1) is 5.49. The molecule has 0 aliphatic rings. The van der Waals surface area contributed by atoms with Crippen LogP contribution in [0, 0.1) is 5.92 Å². The number of esters is 1. The number of hydrogen-bond acceptors (Lipinski definition) is 3. The Morgan fingerprint density at radius 2 is 1.83 bits per heavy atom. The molecule has 0 fully saturated rings. The molecule has 0 saturated heterocycles. The standard InChI is InChI=1S/C9H16O3/c1-5-9(11)6(2)7(3)12-8(4)10/h6-7H,5H2,1-4H3/t6-,7+/m0/s1. The van der Waals surface area contributed by atoms with Crippen LogP contribution in [-0.2, 0) is 14.3 Å². The van der Waals surface area contributed by atoms with Crippen molar-refractivity contribution >= 4 is 11.8 Å². The van der Waals surface area contributed by atoms with Crippen LogP contribution in [0.1, 0.15) is 34.1 Å². The predicted molar refractivity (Wildman–Crippen MR) is 45.7 cm³/mol. The summed E-state index contributed by atoms with van der Waals surface area (Å²) in [7, 11) is 0. The summed E-state index contributed by atoms with van der Waals surface area (Å²) in [6, 6.07) is 0. The molecule has 0 unspecified atom stereocenters. The molecule has 70 valence electrons. The Kier molecular flexibility index (Phi) is 4.55. The van der Waals surface area contributed by atoms with Crippen LogP contribution in [0.2, 0.25) is 0 Å². The highest BCUT2D eigenvalue weighted by atomic mass is 16.5. The van der Waals surface area contributed by atoms with Gasteiger partial charge in [0.05, 0.1) is 5.92 Å². The molecule has 0 aromatic rings. The van der Waals surface area contributed by atoms with E-state index in [-0.39, 0.29) is 23.8 Å². The van der Waals surface area contributed by atoms with Gasteiger partial charge in [-0.15, -0.1) is 0 Å². The van der Waals surface area contributed by atoms with E-state index < -0.39 is 0 Å². The van der Waals surface area contributed by atoms with Crippen molar-refractivity contribution in [2.24, 2.45) is 5.92 Å². The zero-order valence-corrected chi connectivity index (χ0v) is 8.09. The average Bonchev–Trinajstić information content (AvgIpc) is 2.00. The summed E-state index contributed by atoms with van der Waals surface area (Å²) < 4.78 is 4.88. The lowest BCUT2D eigenvalue weighted by Gasteiger charge is -2.17. The van der Waals surface area contributed by atoms with Crippen molar-refractivity contribution in [1.82, 2.24) is 0 Å². The maximum atomic E-state index is 11.1. The molecule has 0 aliphatic carbocycles. The third kappa shape index (κ3) is 3.51. The molecule has 0 aromatic carbocycles. The lowest BCUT2D eigenvalue weighted by atomic mass is 9.99. The van der Waals surface area contributed by atoms with Crippen LogP contribution in [0.4, 0.5) is 0 Å². The van der Waals surface area contributed by atoms with E-state index in [1.54, 1.807) is 20.8 Å². The second-order valence-electron chi connectivity index (χ2n) is 2.92. The van der Waals surface area contributed by atoms with Crippen molar-refractivity contribution in [1.29, 1.82) is 0 Å². The minimum Gasteiger partial charge on any atom is -0.462 e. The van der Waals surface area contributed by atoms with Crippen molar-refractivity contribution in [2.45, 2.75) is 40.2 Å². The first-order valence-electron chi connectivity index (χ1n) is 4.19. The zero-order valence-electron chi connectivity index (χ0n) is 8.09. The van der Waals surface area contributed by atoms with Crippen LogP contribution in [0.5, 0.6) is 0 Å². The first-order valence-corrected chi connectivity index (χ1v) is 4.19. The van der Waals surface area contributed by atoms with Crippen molar-refractivity contribution in [3.63, 3.8) is 0 Å². The molecule has 0 spiro atoms. The second-order valence-corrected chi connectivity index (χ2v) is 2.92. The Morgan fingerprint density at radius 1 is 1.33 bits per heavy atom. The Morgan fingerprint density at radius 3 is 2.17 bits per heavy atom. The predicted octanol–water partition coefficient (Wildman–Crippen LogP) is 1.55. The Balaban J connectivity index is 4.00. The van der Waals surface area contributed by atoms with Gasteiger partial charge in [-0.3, -0.25) is 9.59 Å². The van der Waals surface area contributed by atoms with Crippen LogP contribution in [0.25, 0.3) is 0 Å². The van der Waals surface area contributed by atoms with Gasteiger partial charge in [-0.25, -0.2) is 0 Å². The lowest BCUT2D eigenvalue weighted by Crippen LogP contribution is -2.26. The number of carbonyl (C=O) groups is 2. The van der Waals surface area contributed by atoms with Crippen molar-refractivity contribution in [3.05, 3.63) is 0 Å². The summed E-state index contributed by atoms with van der Waals surface area (Å²) in [4.78, 5) is 21.7. The number of carbonyl (C=O) groups excluding carboxylic acids is 2. The van der Waals surface area contributed by atoms with Crippen molar-refractivity contribution < 1.29 is 14.3 Å². The van der Waals surface area contributed by atoms with Crippen LogP contribution < -0.4 is 0 Å². The summed E-state index contributed by atoms with van der Waals surface area (Å²) >= 11 is 0. The van der Waals surface area contributed by atoms with Gasteiger partial charge in [-0.05, 0) is 6.92 Å². The maximum absolute atomic E-state index is 11.1. The van der Waals surface area contributed by atoms with E-state index in [2.05, 4.69) is 0 Å². The van der Waals surface area contributed by atoms with Gasteiger partial charge in [0.25, 0.3) is 0 Å².